The standard InChI is InChI=1S/C24H33NO6/c1-22(2)17(13-19(22)23(3)30-10-11-31-23)12-18-14-24(18,20(26)28-4)25-21(27)29-15-16-8-6-5-7-9-16/h5-9,17-19H,10-15H2,1-4H3,(H,25,27)/t17-,18+,19+,24-/m0/s1. The van der Waals surface area contributed by atoms with Gasteiger partial charge in [0.25, 0.3) is 0 Å². The SMILES string of the molecule is COC(=O)[C@]1(NC(=O)OCc2ccccc2)C[C@H]1C[C@H]1C[C@@H](C2(C)OCCO2)C1(C)C. The van der Waals surface area contributed by atoms with Gasteiger partial charge in [-0.2, -0.15) is 0 Å². The molecule has 7 heteroatoms. The first kappa shape index (κ1) is 22.1. The minimum Gasteiger partial charge on any atom is -0.467 e. The molecule has 170 valence electrons. The van der Waals surface area contributed by atoms with E-state index in [4.69, 9.17) is 18.9 Å². The van der Waals surface area contributed by atoms with Gasteiger partial charge in [-0.15, -0.1) is 0 Å². The lowest BCUT2D eigenvalue weighted by Crippen LogP contribution is -2.56. The van der Waals surface area contributed by atoms with Crippen LogP contribution in [0.5, 0.6) is 0 Å². The zero-order chi connectivity index (χ0) is 22.3. The molecule has 3 fully saturated rings. The number of rotatable bonds is 7. The van der Waals surface area contributed by atoms with E-state index in [0.717, 1.165) is 18.4 Å². The summed E-state index contributed by atoms with van der Waals surface area (Å²) in [5.74, 6) is -0.170. The summed E-state index contributed by atoms with van der Waals surface area (Å²) in [6.45, 7) is 7.94. The number of alkyl carbamates (subject to hydrolysis) is 1. The number of hydrogen-bond donors (Lipinski definition) is 1. The second-order valence-corrected chi connectivity index (χ2v) is 9.81. The first-order valence-corrected chi connectivity index (χ1v) is 11.1. The molecule has 1 saturated heterocycles. The number of carbonyl (C=O) groups is 2. The van der Waals surface area contributed by atoms with E-state index in [1.54, 1.807) is 0 Å². The molecule has 31 heavy (non-hydrogen) atoms. The lowest BCUT2D eigenvalue weighted by molar-refractivity contribution is -0.254. The molecule has 1 N–H and O–H groups in total. The molecule has 4 atom stereocenters. The van der Waals surface area contributed by atoms with Crippen molar-refractivity contribution in [1.82, 2.24) is 5.32 Å². The third kappa shape index (κ3) is 4.05. The lowest BCUT2D eigenvalue weighted by Gasteiger charge is -2.57. The Morgan fingerprint density at radius 1 is 1.10 bits per heavy atom. The first-order valence-electron chi connectivity index (χ1n) is 11.1. The van der Waals surface area contributed by atoms with Crippen LogP contribution in [0.25, 0.3) is 0 Å². The highest BCUT2D eigenvalue weighted by molar-refractivity contribution is 5.89. The maximum absolute atomic E-state index is 12.6. The summed E-state index contributed by atoms with van der Waals surface area (Å²) in [6.07, 6.45) is 1.80. The fourth-order valence-corrected chi connectivity index (χ4v) is 5.57. The number of esters is 1. The van der Waals surface area contributed by atoms with Gasteiger partial charge in [0.1, 0.15) is 12.1 Å². The zero-order valence-corrected chi connectivity index (χ0v) is 18.8. The number of nitrogens with one attached hydrogen (secondary N) is 1. The van der Waals surface area contributed by atoms with E-state index in [2.05, 4.69) is 19.2 Å². The summed E-state index contributed by atoms with van der Waals surface area (Å²) in [5.41, 5.74) is -0.0742. The number of benzene rings is 1. The summed E-state index contributed by atoms with van der Waals surface area (Å²) in [5, 5.41) is 2.81. The Kier molecular flexibility index (Phi) is 5.77. The van der Waals surface area contributed by atoms with Gasteiger partial charge in [-0.3, -0.25) is 0 Å². The zero-order valence-electron chi connectivity index (χ0n) is 18.8. The van der Waals surface area contributed by atoms with E-state index in [1.165, 1.54) is 7.11 Å². The van der Waals surface area contributed by atoms with Crippen LogP contribution in [0.15, 0.2) is 30.3 Å². The van der Waals surface area contributed by atoms with Crippen molar-refractivity contribution in [2.75, 3.05) is 20.3 Å². The van der Waals surface area contributed by atoms with E-state index >= 15 is 0 Å². The Morgan fingerprint density at radius 2 is 1.77 bits per heavy atom. The highest BCUT2D eigenvalue weighted by Gasteiger charge is 2.66. The van der Waals surface area contributed by atoms with Crippen LogP contribution in [0.3, 0.4) is 0 Å². The summed E-state index contributed by atoms with van der Waals surface area (Å²) in [6, 6.07) is 9.45. The molecule has 1 heterocycles. The average Bonchev–Trinajstić information content (AvgIpc) is 3.27. The Bertz CT molecular complexity index is 819. The van der Waals surface area contributed by atoms with Crippen LogP contribution in [0.1, 0.15) is 45.6 Å². The molecule has 1 aromatic carbocycles. The quantitative estimate of drug-likeness (QED) is 0.664. The normalized spacial score (nSPS) is 32.6. The van der Waals surface area contributed by atoms with Crippen molar-refractivity contribution in [3.8, 4) is 0 Å². The molecule has 0 radical (unpaired) electrons. The second-order valence-electron chi connectivity index (χ2n) is 9.81. The molecule has 0 bridgehead atoms. The van der Waals surface area contributed by atoms with Gasteiger partial charge in [-0.1, -0.05) is 44.2 Å². The largest absolute Gasteiger partial charge is 0.467 e. The van der Waals surface area contributed by atoms with Crippen molar-refractivity contribution < 1.29 is 28.5 Å². The number of carbonyl (C=O) groups excluding carboxylic acids is 2. The van der Waals surface area contributed by atoms with Gasteiger partial charge in [0, 0.05) is 5.92 Å². The minimum atomic E-state index is -0.992. The van der Waals surface area contributed by atoms with Crippen LogP contribution in [-0.2, 0) is 30.3 Å². The summed E-state index contributed by atoms with van der Waals surface area (Å²) >= 11 is 0. The lowest BCUT2D eigenvalue weighted by atomic mass is 9.51. The summed E-state index contributed by atoms with van der Waals surface area (Å²) in [7, 11) is 1.36. The van der Waals surface area contributed by atoms with Gasteiger partial charge >= 0.3 is 12.1 Å². The molecule has 7 nitrogen and oxygen atoms in total. The van der Waals surface area contributed by atoms with Crippen molar-refractivity contribution in [2.24, 2.45) is 23.2 Å². The molecule has 0 aromatic heterocycles. The Morgan fingerprint density at radius 3 is 2.39 bits per heavy atom. The minimum absolute atomic E-state index is 0.0252. The van der Waals surface area contributed by atoms with Crippen LogP contribution < -0.4 is 5.32 Å². The molecule has 0 spiro atoms. The fraction of sp³-hybridized carbons (Fsp3) is 0.667. The maximum Gasteiger partial charge on any atom is 0.408 e. The number of methoxy groups -OCH3 is 1. The van der Waals surface area contributed by atoms with E-state index < -0.39 is 23.4 Å². The van der Waals surface area contributed by atoms with Crippen molar-refractivity contribution in [2.45, 2.75) is 58.0 Å². The van der Waals surface area contributed by atoms with Crippen LogP contribution in [0.2, 0.25) is 0 Å². The Hall–Kier alpha value is -2.12. The molecule has 2 saturated carbocycles. The van der Waals surface area contributed by atoms with Crippen molar-refractivity contribution >= 4 is 12.1 Å². The van der Waals surface area contributed by atoms with Crippen molar-refractivity contribution in [1.29, 1.82) is 0 Å². The Balaban J connectivity index is 1.35. The highest BCUT2D eigenvalue weighted by atomic mass is 16.7. The predicted molar refractivity (Wildman–Crippen MR) is 113 cm³/mol. The Labute approximate surface area is 183 Å². The van der Waals surface area contributed by atoms with Gasteiger partial charge in [-0.25, -0.2) is 9.59 Å². The molecule has 3 aliphatic rings. The van der Waals surface area contributed by atoms with E-state index in [-0.39, 0.29) is 17.9 Å². The molecule has 1 aliphatic heterocycles. The van der Waals surface area contributed by atoms with E-state index in [9.17, 15) is 9.59 Å². The van der Waals surface area contributed by atoms with Crippen molar-refractivity contribution in [3.05, 3.63) is 35.9 Å². The van der Waals surface area contributed by atoms with Crippen LogP contribution in [-0.4, -0.2) is 43.7 Å². The van der Waals surface area contributed by atoms with Crippen LogP contribution in [0.4, 0.5) is 4.79 Å². The third-order valence-corrected chi connectivity index (χ3v) is 7.73. The van der Waals surface area contributed by atoms with E-state index in [0.29, 0.717) is 31.5 Å². The monoisotopic (exact) mass is 431 g/mol. The molecule has 0 unspecified atom stereocenters. The molecule has 2 aliphatic carbocycles. The smallest absolute Gasteiger partial charge is 0.408 e. The van der Waals surface area contributed by atoms with E-state index in [1.807, 2.05) is 37.3 Å². The van der Waals surface area contributed by atoms with Crippen LogP contribution in [0, 0.1) is 23.2 Å². The first-order chi connectivity index (χ1) is 14.7. The van der Waals surface area contributed by atoms with Gasteiger partial charge in [0.05, 0.1) is 20.3 Å². The molecule has 1 aromatic rings. The van der Waals surface area contributed by atoms with Crippen LogP contribution >= 0.6 is 0 Å². The van der Waals surface area contributed by atoms with Gasteiger partial charge in [-0.05, 0) is 49.0 Å². The highest BCUT2D eigenvalue weighted by Crippen LogP contribution is 2.62. The molecular formula is C24H33NO6. The fourth-order valence-electron chi connectivity index (χ4n) is 5.57. The van der Waals surface area contributed by atoms with Gasteiger partial charge in [0.2, 0.25) is 0 Å². The summed E-state index contributed by atoms with van der Waals surface area (Å²) in [4.78, 5) is 25.0. The van der Waals surface area contributed by atoms with Crippen molar-refractivity contribution in [3.63, 3.8) is 0 Å². The van der Waals surface area contributed by atoms with Gasteiger partial charge in [0.15, 0.2) is 5.79 Å². The number of amides is 1. The number of hydrogen-bond acceptors (Lipinski definition) is 6. The molecule has 1 amide bonds. The topological polar surface area (TPSA) is 83.1 Å². The summed E-state index contributed by atoms with van der Waals surface area (Å²) < 4.78 is 22.1. The molecule has 4 rings (SSSR count). The predicted octanol–water partition coefficient (Wildman–Crippen LogP) is 3.66. The average molecular weight is 432 g/mol. The molecular weight excluding hydrogens is 398 g/mol. The third-order valence-electron chi connectivity index (χ3n) is 7.73. The maximum atomic E-state index is 12.6. The number of ether oxygens (including phenoxy) is 4. The van der Waals surface area contributed by atoms with Gasteiger partial charge < -0.3 is 24.3 Å². The second kappa shape index (κ2) is 8.10.